The fourth-order valence-corrected chi connectivity index (χ4v) is 3.82. The molecular formula is C27H25N5. The number of para-hydroxylation sites is 1. The zero-order valence-electron chi connectivity index (χ0n) is 17.9. The van der Waals surface area contributed by atoms with Crippen molar-refractivity contribution < 1.29 is 0 Å². The third-order valence-electron chi connectivity index (χ3n) is 5.72. The van der Waals surface area contributed by atoms with E-state index in [1.165, 1.54) is 11.1 Å². The molecular weight excluding hydrogens is 394 g/mol. The number of nitrogens with zero attached hydrogens (tertiary/aromatic N) is 3. The number of aromatic amines is 1. The molecule has 0 amide bonds. The number of nitrogens with one attached hydrogen (secondary N) is 2. The van der Waals surface area contributed by atoms with Crippen molar-refractivity contribution in [2.24, 2.45) is 0 Å². The number of aromatic nitrogens is 4. The molecule has 2 heterocycles. The van der Waals surface area contributed by atoms with Crippen LogP contribution in [0, 0.1) is 0 Å². The zero-order chi connectivity index (χ0) is 21.8. The van der Waals surface area contributed by atoms with Gasteiger partial charge in [0.1, 0.15) is 0 Å². The van der Waals surface area contributed by atoms with E-state index in [2.05, 4.69) is 94.4 Å². The number of rotatable bonds is 7. The summed E-state index contributed by atoms with van der Waals surface area (Å²) in [4.78, 5) is 0. The summed E-state index contributed by atoms with van der Waals surface area (Å²) in [6.07, 6.45) is 5.89. The summed E-state index contributed by atoms with van der Waals surface area (Å²) in [5, 5.41) is 15.6. The van der Waals surface area contributed by atoms with Crippen molar-refractivity contribution in [2.45, 2.75) is 19.5 Å². The molecule has 0 unspecified atom stereocenters. The van der Waals surface area contributed by atoms with E-state index in [0.29, 0.717) is 6.54 Å². The zero-order valence-corrected chi connectivity index (χ0v) is 17.9. The maximum Gasteiger partial charge on any atom is 0.0695 e. The highest BCUT2D eigenvalue weighted by atomic mass is 15.3. The van der Waals surface area contributed by atoms with Crippen LogP contribution in [-0.4, -0.2) is 20.0 Å². The fourth-order valence-electron chi connectivity index (χ4n) is 3.82. The molecule has 0 bridgehead atoms. The first-order chi connectivity index (χ1) is 15.8. The Morgan fingerprint density at radius 2 is 1.47 bits per heavy atom. The minimum Gasteiger partial charge on any atom is -0.306 e. The standard InChI is InChI=1S/C27H25N5/c1-20(25-18-30-32(19-25)26-10-6-3-7-11-26)28-16-24-17-29-31-27(24)23-14-12-22(13-15-23)21-8-4-2-5-9-21/h2-15,17-20,28H,16H2,1H3,(H,29,31)/t20-/m1/s1. The van der Waals surface area contributed by atoms with Crippen LogP contribution in [0.3, 0.4) is 0 Å². The predicted octanol–water partition coefficient (Wildman–Crippen LogP) is 5.78. The Morgan fingerprint density at radius 1 is 0.812 bits per heavy atom. The van der Waals surface area contributed by atoms with Crippen LogP contribution in [-0.2, 0) is 6.54 Å². The largest absolute Gasteiger partial charge is 0.306 e. The number of hydrogen-bond donors (Lipinski definition) is 2. The van der Waals surface area contributed by atoms with Gasteiger partial charge in [-0.1, -0.05) is 72.8 Å². The molecule has 0 saturated heterocycles. The molecule has 2 N–H and O–H groups in total. The van der Waals surface area contributed by atoms with E-state index < -0.39 is 0 Å². The van der Waals surface area contributed by atoms with Gasteiger partial charge in [-0.15, -0.1) is 0 Å². The van der Waals surface area contributed by atoms with E-state index in [9.17, 15) is 0 Å². The molecule has 0 radical (unpaired) electrons. The molecule has 3 aromatic carbocycles. The van der Waals surface area contributed by atoms with Crippen LogP contribution in [0.25, 0.3) is 28.1 Å². The molecule has 0 saturated carbocycles. The van der Waals surface area contributed by atoms with E-state index in [4.69, 9.17) is 0 Å². The second-order valence-electron chi connectivity index (χ2n) is 7.87. The molecule has 32 heavy (non-hydrogen) atoms. The second-order valence-corrected chi connectivity index (χ2v) is 7.87. The lowest BCUT2D eigenvalue weighted by molar-refractivity contribution is 0.575. The van der Waals surface area contributed by atoms with Gasteiger partial charge in [0.2, 0.25) is 0 Å². The monoisotopic (exact) mass is 419 g/mol. The molecule has 0 aliphatic rings. The lowest BCUT2D eigenvalue weighted by atomic mass is 10.0. The molecule has 5 nitrogen and oxygen atoms in total. The van der Waals surface area contributed by atoms with Gasteiger partial charge in [-0.05, 0) is 35.7 Å². The topological polar surface area (TPSA) is 58.5 Å². The third kappa shape index (κ3) is 4.24. The Morgan fingerprint density at radius 3 is 2.22 bits per heavy atom. The first-order valence-corrected chi connectivity index (χ1v) is 10.8. The number of hydrogen-bond acceptors (Lipinski definition) is 3. The molecule has 0 fully saturated rings. The Hall–Kier alpha value is -3.96. The quantitative estimate of drug-likeness (QED) is 0.352. The van der Waals surface area contributed by atoms with Gasteiger partial charge < -0.3 is 5.32 Å². The predicted molar refractivity (Wildman–Crippen MR) is 128 cm³/mol. The summed E-state index contributed by atoms with van der Waals surface area (Å²) in [7, 11) is 0. The lowest BCUT2D eigenvalue weighted by Crippen LogP contribution is -2.17. The van der Waals surface area contributed by atoms with E-state index in [-0.39, 0.29) is 6.04 Å². The highest BCUT2D eigenvalue weighted by Gasteiger charge is 2.12. The van der Waals surface area contributed by atoms with E-state index >= 15 is 0 Å². The minimum atomic E-state index is 0.163. The summed E-state index contributed by atoms with van der Waals surface area (Å²) in [5.41, 5.74) is 7.94. The molecule has 5 rings (SSSR count). The van der Waals surface area contributed by atoms with Gasteiger partial charge in [-0.25, -0.2) is 4.68 Å². The van der Waals surface area contributed by atoms with Crippen LogP contribution >= 0.6 is 0 Å². The van der Waals surface area contributed by atoms with Crippen LogP contribution in [0.4, 0.5) is 0 Å². The molecule has 0 aliphatic carbocycles. The fraction of sp³-hybridized carbons (Fsp3) is 0.111. The van der Waals surface area contributed by atoms with Crippen molar-refractivity contribution in [1.29, 1.82) is 0 Å². The van der Waals surface area contributed by atoms with E-state index in [0.717, 1.165) is 28.1 Å². The Bertz CT molecular complexity index is 1270. The minimum absolute atomic E-state index is 0.163. The van der Waals surface area contributed by atoms with Gasteiger partial charge in [0.25, 0.3) is 0 Å². The maximum absolute atomic E-state index is 4.51. The summed E-state index contributed by atoms with van der Waals surface area (Å²) in [5.74, 6) is 0. The maximum atomic E-state index is 4.51. The average molecular weight is 420 g/mol. The second kappa shape index (κ2) is 9.04. The van der Waals surface area contributed by atoms with Gasteiger partial charge in [0.15, 0.2) is 0 Å². The van der Waals surface area contributed by atoms with Crippen LogP contribution in [0.15, 0.2) is 104 Å². The highest BCUT2D eigenvalue weighted by molar-refractivity contribution is 5.70. The van der Waals surface area contributed by atoms with Crippen molar-refractivity contribution in [3.63, 3.8) is 0 Å². The summed E-state index contributed by atoms with van der Waals surface area (Å²) >= 11 is 0. The molecule has 1 atom stereocenters. The van der Waals surface area contributed by atoms with Crippen LogP contribution in [0.2, 0.25) is 0 Å². The highest BCUT2D eigenvalue weighted by Crippen LogP contribution is 2.26. The summed E-state index contributed by atoms with van der Waals surface area (Å²) < 4.78 is 1.91. The van der Waals surface area contributed by atoms with Crippen molar-refractivity contribution in [3.8, 4) is 28.1 Å². The van der Waals surface area contributed by atoms with Gasteiger partial charge >= 0.3 is 0 Å². The van der Waals surface area contributed by atoms with Gasteiger partial charge in [0.05, 0.1) is 23.8 Å². The van der Waals surface area contributed by atoms with Crippen LogP contribution < -0.4 is 5.32 Å². The first-order valence-electron chi connectivity index (χ1n) is 10.8. The molecule has 2 aromatic heterocycles. The van der Waals surface area contributed by atoms with E-state index in [1.807, 2.05) is 41.3 Å². The Kier molecular flexibility index (Phi) is 5.64. The smallest absolute Gasteiger partial charge is 0.0695 e. The average Bonchev–Trinajstić information content (AvgIpc) is 3.54. The first kappa shape index (κ1) is 20.0. The van der Waals surface area contributed by atoms with Gasteiger partial charge in [-0.2, -0.15) is 10.2 Å². The van der Waals surface area contributed by atoms with Gasteiger partial charge in [-0.3, -0.25) is 5.10 Å². The van der Waals surface area contributed by atoms with Crippen molar-refractivity contribution >= 4 is 0 Å². The lowest BCUT2D eigenvalue weighted by Gasteiger charge is -2.12. The molecule has 5 heteroatoms. The molecule has 0 spiro atoms. The Labute approximate surface area is 187 Å². The third-order valence-corrected chi connectivity index (χ3v) is 5.72. The molecule has 0 aliphatic heterocycles. The normalized spacial score (nSPS) is 12.0. The van der Waals surface area contributed by atoms with Crippen molar-refractivity contribution in [1.82, 2.24) is 25.3 Å². The summed E-state index contributed by atoms with van der Waals surface area (Å²) in [6, 6.07) is 29.3. The summed E-state index contributed by atoms with van der Waals surface area (Å²) in [6.45, 7) is 2.87. The van der Waals surface area contributed by atoms with Crippen LogP contribution in [0.1, 0.15) is 24.1 Å². The Balaban J connectivity index is 1.27. The molecule has 158 valence electrons. The number of H-pyrrole nitrogens is 1. The van der Waals surface area contributed by atoms with E-state index in [1.54, 1.807) is 0 Å². The number of benzene rings is 3. The SMILES string of the molecule is C[C@@H](NCc1cn[nH]c1-c1ccc(-c2ccccc2)cc1)c1cnn(-c2ccccc2)c1. The molecule has 5 aromatic rings. The van der Waals surface area contributed by atoms with Crippen molar-refractivity contribution in [2.75, 3.05) is 0 Å². The van der Waals surface area contributed by atoms with Crippen molar-refractivity contribution in [3.05, 3.63) is 115 Å². The van der Waals surface area contributed by atoms with Crippen LogP contribution in [0.5, 0.6) is 0 Å². The van der Waals surface area contributed by atoms with Gasteiger partial charge in [0, 0.05) is 29.9 Å².